The van der Waals surface area contributed by atoms with Crippen molar-refractivity contribution in [1.82, 2.24) is 10.4 Å². The number of nitrogens with one attached hydrogen (secondary N) is 1. The maximum atomic E-state index is 14.4. The summed E-state index contributed by atoms with van der Waals surface area (Å²) in [6, 6.07) is 3.41. The van der Waals surface area contributed by atoms with Gasteiger partial charge in [0.05, 0.1) is 13.2 Å². The molecule has 2 fully saturated rings. The Hall–Kier alpha value is -1.50. The third kappa shape index (κ3) is 2.55. The van der Waals surface area contributed by atoms with Gasteiger partial charge in [-0.25, -0.2) is 9.87 Å². The van der Waals surface area contributed by atoms with Gasteiger partial charge in [-0.15, -0.1) is 0 Å². The molecule has 2 aliphatic heterocycles. The van der Waals surface area contributed by atoms with E-state index in [0.29, 0.717) is 23.6 Å². The summed E-state index contributed by atoms with van der Waals surface area (Å²) < 4.78 is 19.8. The van der Waals surface area contributed by atoms with Crippen LogP contribution in [0.4, 0.5) is 4.39 Å². The molecule has 6 heteroatoms. The Balaban J connectivity index is 1.52. The van der Waals surface area contributed by atoms with E-state index in [0.717, 1.165) is 44.6 Å². The summed E-state index contributed by atoms with van der Waals surface area (Å²) in [5.41, 5.74) is 3.68. The minimum atomic E-state index is -0.670. The summed E-state index contributed by atoms with van der Waals surface area (Å²) in [6.45, 7) is 3.24. The van der Waals surface area contributed by atoms with Crippen molar-refractivity contribution >= 4 is 5.91 Å². The van der Waals surface area contributed by atoms with Crippen LogP contribution in [0.1, 0.15) is 40.7 Å². The highest BCUT2D eigenvalue weighted by Crippen LogP contribution is 2.46. The molecular weight excluding hydrogens is 299 g/mol. The molecule has 1 unspecified atom stereocenters. The van der Waals surface area contributed by atoms with Gasteiger partial charge in [0.2, 0.25) is 0 Å². The number of ether oxygens (including phenoxy) is 1. The summed E-state index contributed by atoms with van der Waals surface area (Å²) in [4.78, 5) is 13.9. The highest BCUT2D eigenvalue weighted by Gasteiger charge is 2.46. The van der Waals surface area contributed by atoms with Gasteiger partial charge in [-0.3, -0.25) is 14.9 Å². The number of hydrogen-bond donors (Lipinski definition) is 2. The molecule has 2 N–H and O–H groups in total. The van der Waals surface area contributed by atoms with Crippen LogP contribution >= 0.6 is 0 Å². The van der Waals surface area contributed by atoms with E-state index in [1.165, 1.54) is 12.5 Å². The Morgan fingerprint density at radius 2 is 2.26 bits per heavy atom. The number of fused-ring (bicyclic) bond motifs is 1. The molecule has 1 aromatic rings. The predicted octanol–water partition coefficient (Wildman–Crippen LogP) is 1.87. The molecule has 1 saturated heterocycles. The second-order valence-corrected chi connectivity index (χ2v) is 7.15. The molecule has 4 rings (SSSR count). The van der Waals surface area contributed by atoms with Gasteiger partial charge >= 0.3 is 0 Å². The van der Waals surface area contributed by atoms with Crippen molar-refractivity contribution in [2.75, 3.05) is 19.8 Å². The van der Waals surface area contributed by atoms with E-state index in [4.69, 9.17) is 9.94 Å². The van der Waals surface area contributed by atoms with Crippen LogP contribution in [0.15, 0.2) is 12.1 Å². The zero-order valence-corrected chi connectivity index (χ0v) is 13.0. The third-order valence-electron chi connectivity index (χ3n) is 5.69. The zero-order chi connectivity index (χ0) is 16.0. The molecule has 124 valence electrons. The molecule has 0 radical (unpaired) electrons. The molecule has 2 heterocycles. The smallest absolute Gasteiger partial charge is 0.274 e. The summed E-state index contributed by atoms with van der Waals surface area (Å²) in [6.07, 6.45) is 4.25. The average molecular weight is 320 g/mol. The summed E-state index contributed by atoms with van der Waals surface area (Å²) in [7, 11) is 0. The standard InChI is InChI=1S/C17H21FN2O3/c18-15-6-12(16(21)19-22)5-11-2-4-20(8-14(11)15)13-1-3-17(7-13)9-23-10-17/h5-6,13,22H,1-4,7-10H2,(H,19,21). The molecule has 3 aliphatic rings. The highest BCUT2D eigenvalue weighted by molar-refractivity contribution is 5.93. The van der Waals surface area contributed by atoms with E-state index < -0.39 is 5.91 Å². The van der Waals surface area contributed by atoms with E-state index in [1.54, 1.807) is 11.5 Å². The van der Waals surface area contributed by atoms with Crippen molar-refractivity contribution in [3.05, 3.63) is 34.6 Å². The fourth-order valence-electron chi connectivity index (χ4n) is 4.29. The number of benzene rings is 1. The molecule has 1 aliphatic carbocycles. The lowest BCUT2D eigenvalue weighted by atomic mass is 9.84. The van der Waals surface area contributed by atoms with Crippen LogP contribution in [0.25, 0.3) is 0 Å². The van der Waals surface area contributed by atoms with Crippen LogP contribution in [0.3, 0.4) is 0 Å². The van der Waals surface area contributed by atoms with E-state index in [1.807, 2.05) is 0 Å². The monoisotopic (exact) mass is 320 g/mol. The normalized spacial score (nSPS) is 25.9. The second kappa shape index (κ2) is 5.54. The fourth-order valence-corrected chi connectivity index (χ4v) is 4.29. The van der Waals surface area contributed by atoms with Crippen LogP contribution in [-0.2, 0) is 17.7 Å². The van der Waals surface area contributed by atoms with Gasteiger partial charge in [0.15, 0.2) is 0 Å². The van der Waals surface area contributed by atoms with Crippen molar-refractivity contribution in [2.45, 2.75) is 38.3 Å². The lowest BCUT2D eigenvalue weighted by Crippen LogP contribution is -2.44. The van der Waals surface area contributed by atoms with Gasteiger partial charge in [-0.05, 0) is 43.4 Å². The van der Waals surface area contributed by atoms with Crippen LogP contribution < -0.4 is 5.48 Å². The van der Waals surface area contributed by atoms with Gasteiger partial charge in [0.1, 0.15) is 5.82 Å². The topological polar surface area (TPSA) is 61.8 Å². The number of rotatable bonds is 2. The molecule has 23 heavy (non-hydrogen) atoms. The van der Waals surface area contributed by atoms with Crippen molar-refractivity contribution in [2.24, 2.45) is 5.41 Å². The SMILES string of the molecule is O=C(NO)c1cc(F)c2c(c1)CCN(C1CCC3(COC3)C1)C2. The Morgan fingerprint density at radius 3 is 2.91 bits per heavy atom. The number of nitrogens with zero attached hydrogens (tertiary/aromatic N) is 1. The number of hydroxylamine groups is 1. The first-order chi connectivity index (χ1) is 11.1. The number of amides is 1. The van der Waals surface area contributed by atoms with Crippen LogP contribution in [0.5, 0.6) is 0 Å². The fraction of sp³-hybridized carbons (Fsp3) is 0.588. The van der Waals surface area contributed by atoms with Crippen LogP contribution in [0.2, 0.25) is 0 Å². The number of halogens is 1. The van der Waals surface area contributed by atoms with Crippen molar-refractivity contribution in [3.8, 4) is 0 Å². The first kappa shape index (κ1) is 15.1. The van der Waals surface area contributed by atoms with E-state index in [2.05, 4.69) is 4.90 Å². The largest absolute Gasteiger partial charge is 0.380 e. The van der Waals surface area contributed by atoms with Crippen molar-refractivity contribution < 1.29 is 19.1 Å². The molecule has 1 amide bonds. The lowest BCUT2D eigenvalue weighted by Gasteiger charge is -2.40. The maximum Gasteiger partial charge on any atom is 0.274 e. The minimum Gasteiger partial charge on any atom is -0.380 e. The van der Waals surface area contributed by atoms with E-state index in [9.17, 15) is 9.18 Å². The van der Waals surface area contributed by atoms with Gasteiger partial charge < -0.3 is 4.74 Å². The van der Waals surface area contributed by atoms with Gasteiger partial charge in [0.25, 0.3) is 5.91 Å². The van der Waals surface area contributed by atoms with E-state index >= 15 is 0 Å². The van der Waals surface area contributed by atoms with E-state index in [-0.39, 0.29) is 11.4 Å². The molecule has 1 saturated carbocycles. The molecular formula is C17H21FN2O3. The average Bonchev–Trinajstić information content (AvgIpc) is 2.99. The maximum absolute atomic E-state index is 14.4. The second-order valence-electron chi connectivity index (χ2n) is 7.15. The predicted molar refractivity (Wildman–Crippen MR) is 80.7 cm³/mol. The molecule has 5 nitrogen and oxygen atoms in total. The summed E-state index contributed by atoms with van der Waals surface area (Å²) in [5.74, 6) is -1.03. The Bertz CT molecular complexity index is 645. The number of hydrogen-bond acceptors (Lipinski definition) is 4. The Morgan fingerprint density at radius 1 is 1.43 bits per heavy atom. The van der Waals surface area contributed by atoms with Crippen LogP contribution in [0, 0.1) is 11.2 Å². The lowest BCUT2D eigenvalue weighted by molar-refractivity contribution is -0.111. The Labute approximate surface area is 134 Å². The van der Waals surface area contributed by atoms with Gasteiger partial charge in [-0.2, -0.15) is 0 Å². The number of carbonyl (C=O) groups is 1. The first-order valence-electron chi connectivity index (χ1n) is 8.18. The molecule has 0 aromatic heterocycles. The molecule has 1 spiro atoms. The molecule has 1 atom stereocenters. The summed E-state index contributed by atoms with van der Waals surface area (Å²) >= 11 is 0. The minimum absolute atomic E-state index is 0.170. The van der Waals surface area contributed by atoms with Crippen molar-refractivity contribution in [3.63, 3.8) is 0 Å². The Kier molecular flexibility index (Phi) is 3.63. The van der Waals surface area contributed by atoms with Gasteiger partial charge in [-0.1, -0.05) is 0 Å². The quantitative estimate of drug-likeness (QED) is 0.645. The van der Waals surface area contributed by atoms with Gasteiger partial charge in [0, 0.05) is 35.7 Å². The first-order valence-corrected chi connectivity index (χ1v) is 8.18. The van der Waals surface area contributed by atoms with Crippen molar-refractivity contribution in [1.29, 1.82) is 0 Å². The third-order valence-corrected chi connectivity index (χ3v) is 5.69. The number of carbonyl (C=O) groups excluding carboxylic acids is 1. The molecule has 0 bridgehead atoms. The molecule has 1 aromatic carbocycles. The zero-order valence-electron chi connectivity index (χ0n) is 13.0. The summed E-state index contributed by atoms with van der Waals surface area (Å²) in [5, 5.41) is 8.71. The highest BCUT2D eigenvalue weighted by atomic mass is 19.1. The van der Waals surface area contributed by atoms with Crippen LogP contribution in [-0.4, -0.2) is 41.8 Å².